The van der Waals surface area contributed by atoms with E-state index in [4.69, 9.17) is 5.11 Å². The number of hydrogen-bond acceptors (Lipinski definition) is 3. The molecule has 0 bridgehead atoms. The number of carboxylic acid groups (broad SMARTS) is 1. The van der Waals surface area contributed by atoms with E-state index >= 15 is 0 Å². The normalized spacial score (nSPS) is 13.3. The first-order valence-electron chi connectivity index (χ1n) is 5.34. The molecule has 94 valence electrons. The van der Waals surface area contributed by atoms with E-state index in [9.17, 15) is 14.7 Å². The van der Waals surface area contributed by atoms with Crippen molar-refractivity contribution >= 4 is 11.9 Å². The minimum atomic E-state index is -0.947. The number of amides is 1. The molecule has 0 aromatic rings. The van der Waals surface area contributed by atoms with Crippen LogP contribution in [0.25, 0.3) is 0 Å². The molecule has 5 nitrogen and oxygen atoms in total. The van der Waals surface area contributed by atoms with E-state index in [2.05, 4.69) is 0 Å². The van der Waals surface area contributed by atoms with E-state index in [0.29, 0.717) is 0 Å². The van der Waals surface area contributed by atoms with Gasteiger partial charge in [0.15, 0.2) is 0 Å². The fourth-order valence-electron chi connectivity index (χ4n) is 1.30. The van der Waals surface area contributed by atoms with Gasteiger partial charge in [-0.25, -0.2) is 0 Å². The van der Waals surface area contributed by atoms with Gasteiger partial charge in [0.2, 0.25) is 5.91 Å². The van der Waals surface area contributed by atoms with Crippen LogP contribution in [0.2, 0.25) is 0 Å². The van der Waals surface area contributed by atoms with Crippen LogP contribution in [0.1, 0.15) is 34.1 Å². The van der Waals surface area contributed by atoms with Crippen molar-refractivity contribution in [3.05, 3.63) is 0 Å². The number of rotatable bonds is 5. The third-order valence-corrected chi connectivity index (χ3v) is 2.01. The molecule has 0 aliphatic carbocycles. The Labute approximate surface area is 96.1 Å². The molecule has 0 aromatic carbocycles. The van der Waals surface area contributed by atoms with Crippen LogP contribution in [-0.2, 0) is 9.59 Å². The Kier molecular flexibility index (Phi) is 5.44. The lowest BCUT2D eigenvalue weighted by atomic mass is 9.94. The van der Waals surface area contributed by atoms with E-state index < -0.39 is 17.5 Å². The van der Waals surface area contributed by atoms with Gasteiger partial charge in [-0.2, -0.15) is 0 Å². The summed E-state index contributed by atoms with van der Waals surface area (Å²) in [7, 11) is 0. The van der Waals surface area contributed by atoms with Crippen molar-refractivity contribution in [2.24, 2.45) is 5.41 Å². The monoisotopic (exact) mass is 231 g/mol. The highest BCUT2D eigenvalue weighted by Gasteiger charge is 2.27. The van der Waals surface area contributed by atoms with Crippen molar-refractivity contribution in [1.82, 2.24) is 4.90 Å². The van der Waals surface area contributed by atoms with Gasteiger partial charge in [0.05, 0.1) is 12.5 Å². The molecular weight excluding hydrogens is 210 g/mol. The predicted octanol–water partition coefficient (Wildman–Crippen LogP) is 0.717. The number of hydrogen-bond donors (Lipinski definition) is 2. The van der Waals surface area contributed by atoms with E-state index in [1.54, 1.807) is 27.7 Å². The van der Waals surface area contributed by atoms with Crippen LogP contribution in [0.4, 0.5) is 0 Å². The smallest absolute Gasteiger partial charge is 0.305 e. The molecule has 0 radical (unpaired) electrons. The highest BCUT2D eigenvalue weighted by atomic mass is 16.4. The first kappa shape index (κ1) is 14.9. The molecule has 0 spiro atoms. The molecule has 0 aromatic heterocycles. The minimum Gasteiger partial charge on any atom is -0.481 e. The second-order valence-corrected chi connectivity index (χ2v) is 4.99. The van der Waals surface area contributed by atoms with Crippen LogP contribution >= 0.6 is 0 Å². The molecule has 0 fully saturated rings. The molecule has 1 atom stereocenters. The largest absolute Gasteiger partial charge is 0.481 e. The van der Waals surface area contributed by atoms with Crippen molar-refractivity contribution in [2.75, 3.05) is 13.1 Å². The van der Waals surface area contributed by atoms with Crippen LogP contribution < -0.4 is 0 Å². The van der Waals surface area contributed by atoms with E-state index in [-0.39, 0.29) is 25.4 Å². The van der Waals surface area contributed by atoms with E-state index in [1.165, 1.54) is 4.90 Å². The van der Waals surface area contributed by atoms with Crippen molar-refractivity contribution in [2.45, 2.75) is 40.2 Å². The first-order chi connectivity index (χ1) is 7.14. The van der Waals surface area contributed by atoms with Crippen LogP contribution in [0, 0.1) is 5.41 Å². The van der Waals surface area contributed by atoms with Crippen LogP contribution in [0.5, 0.6) is 0 Å². The van der Waals surface area contributed by atoms with Gasteiger partial charge < -0.3 is 15.1 Å². The molecule has 2 N–H and O–H groups in total. The molecule has 1 amide bonds. The molecule has 5 heteroatoms. The van der Waals surface area contributed by atoms with Crippen LogP contribution in [0.15, 0.2) is 0 Å². The third kappa shape index (κ3) is 5.70. The zero-order chi connectivity index (χ0) is 12.9. The lowest BCUT2D eigenvalue weighted by molar-refractivity contribution is -0.143. The van der Waals surface area contributed by atoms with Crippen molar-refractivity contribution in [3.63, 3.8) is 0 Å². The summed E-state index contributed by atoms with van der Waals surface area (Å²) in [6, 6.07) is 0. The summed E-state index contributed by atoms with van der Waals surface area (Å²) >= 11 is 0. The molecule has 1 unspecified atom stereocenters. The third-order valence-electron chi connectivity index (χ3n) is 2.01. The van der Waals surface area contributed by atoms with Gasteiger partial charge in [0.25, 0.3) is 0 Å². The molecule has 16 heavy (non-hydrogen) atoms. The zero-order valence-electron chi connectivity index (χ0n) is 10.4. The van der Waals surface area contributed by atoms with Gasteiger partial charge in [0.1, 0.15) is 0 Å². The first-order valence-corrected chi connectivity index (χ1v) is 5.34. The Morgan fingerprint density at radius 1 is 1.31 bits per heavy atom. The maximum Gasteiger partial charge on any atom is 0.305 e. The van der Waals surface area contributed by atoms with Gasteiger partial charge in [-0.3, -0.25) is 9.59 Å². The molecule has 0 saturated heterocycles. The minimum absolute atomic E-state index is 0.103. The number of carbonyl (C=O) groups is 2. The Balaban J connectivity index is 4.54. The molecule has 0 aliphatic rings. The van der Waals surface area contributed by atoms with Gasteiger partial charge in [0, 0.05) is 18.5 Å². The number of aliphatic carboxylic acids is 1. The number of carbonyl (C=O) groups excluding carboxylic acids is 1. The molecule has 0 heterocycles. The number of aliphatic hydroxyl groups is 1. The summed E-state index contributed by atoms with van der Waals surface area (Å²) in [5.41, 5.74) is -0.562. The van der Waals surface area contributed by atoms with Crippen molar-refractivity contribution in [1.29, 1.82) is 0 Å². The SMILES string of the molecule is CC(O)CN(CCC(=O)O)C(=O)C(C)(C)C. The second-order valence-electron chi connectivity index (χ2n) is 4.99. The van der Waals surface area contributed by atoms with E-state index in [1.807, 2.05) is 0 Å². The van der Waals surface area contributed by atoms with Gasteiger partial charge in [-0.1, -0.05) is 20.8 Å². The quantitative estimate of drug-likeness (QED) is 0.730. The van der Waals surface area contributed by atoms with Crippen LogP contribution in [-0.4, -0.2) is 46.2 Å². The van der Waals surface area contributed by atoms with Gasteiger partial charge in [-0.15, -0.1) is 0 Å². The summed E-state index contributed by atoms with van der Waals surface area (Å²) in [5, 5.41) is 17.8. The maximum absolute atomic E-state index is 11.9. The topological polar surface area (TPSA) is 77.8 Å². The van der Waals surface area contributed by atoms with Gasteiger partial charge >= 0.3 is 5.97 Å². The summed E-state index contributed by atoms with van der Waals surface area (Å²) in [4.78, 5) is 23.8. The Morgan fingerprint density at radius 2 is 1.81 bits per heavy atom. The highest BCUT2D eigenvalue weighted by Crippen LogP contribution is 2.17. The molecular formula is C11H21NO4. The lowest BCUT2D eigenvalue weighted by Crippen LogP contribution is -2.43. The van der Waals surface area contributed by atoms with Crippen molar-refractivity contribution < 1.29 is 19.8 Å². The van der Waals surface area contributed by atoms with Crippen molar-refractivity contribution in [3.8, 4) is 0 Å². The summed E-state index contributed by atoms with van der Waals surface area (Å²) in [6.45, 7) is 7.19. The summed E-state index contributed by atoms with van der Waals surface area (Å²) < 4.78 is 0. The average molecular weight is 231 g/mol. The molecule has 0 aliphatic heterocycles. The Morgan fingerprint density at radius 3 is 2.12 bits per heavy atom. The maximum atomic E-state index is 11.9. The van der Waals surface area contributed by atoms with E-state index in [0.717, 1.165) is 0 Å². The fourth-order valence-corrected chi connectivity index (χ4v) is 1.30. The average Bonchev–Trinajstić information content (AvgIpc) is 2.08. The second kappa shape index (κ2) is 5.84. The van der Waals surface area contributed by atoms with Gasteiger partial charge in [-0.05, 0) is 6.92 Å². The molecule has 0 saturated carbocycles. The lowest BCUT2D eigenvalue weighted by Gasteiger charge is -2.30. The fraction of sp³-hybridized carbons (Fsp3) is 0.818. The van der Waals surface area contributed by atoms with Crippen LogP contribution in [0.3, 0.4) is 0 Å². The predicted molar refractivity (Wildman–Crippen MR) is 60.0 cm³/mol. The summed E-state index contributed by atoms with van der Waals surface area (Å²) in [5.74, 6) is -1.09. The number of nitrogens with zero attached hydrogens (tertiary/aromatic N) is 1. The number of aliphatic hydroxyl groups excluding tert-OH is 1. The Bertz CT molecular complexity index is 255. The standard InChI is InChI=1S/C11H21NO4/c1-8(13)7-12(6-5-9(14)15)10(16)11(2,3)4/h8,13H,5-7H2,1-4H3,(H,14,15). The highest BCUT2D eigenvalue weighted by molar-refractivity contribution is 5.82. The Hall–Kier alpha value is -1.10. The number of carboxylic acids is 1. The molecule has 0 rings (SSSR count). The zero-order valence-corrected chi connectivity index (χ0v) is 10.4. The summed E-state index contributed by atoms with van der Waals surface area (Å²) in [6.07, 6.45) is -0.755.